The minimum Gasteiger partial charge on any atom is -0.478 e. The van der Waals surface area contributed by atoms with E-state index in [1.54, 1.807) is 18.2 Å². The van der Waals surface area contributed by atoms with Crippen LogP contribution in [0.1, 0.15) is 10.4 Å². The van der Waals surface area contributed by atoms with Crippen LogP contribution < -0.4 is 5.32 Å². The van der Waals surface area contributed by atoms with Crippen molar-refractivity contribution in [1.82, 2.24) is 9.97 Å². The van der Waals surface area contributed by atoms with Crippen LogP contribution in [0.15, 0.2) is 30.3 Å². The van der Waals surface area contributed by atoms with Crippen LogP contribution in [0, 0.1) is 5.82 Å². The molecule has 0 atom stereocenters. The molecule has 0 radical (unpaired) electrons. The van der Waals surface area contributed by atoms with Crippen LogP contribution in [0.3, 0.4) is 0 Å². The first-order valence-electron chi connectivity index (χ1n) is 6.09. The highest BCUT2D eigenvalue weighted by Crippen LogP contribution is 2.32. The second kappa shape index (κ2) is 5.47. The van der Waals surface area contributed by atoms with Gasteiger partial charge in [-0.15, -0.1) is 0 Å². The van der Waals surface area contributed by atoms with Crippen LogP contribution in [0.5, 0.6) is 0 Å². The number of carboxylic acid groups (broad SMARTS) is 1. The number of H-pyrrole nitrogens is 1. The molecular formula is C14H8Cl2FN3O2. The summed E-state index contributed by atoms with van der Waals surface area (Å²) in [7, 11) is 0. The summed E-state index contributed by atoms with van der Waals surface area (Å²) >= 11 is 12.1. The summed E-state index contributed by atoms with van der Waals surface area (Å²) in [4.78, 5) is 17.9. The molecule has 2 aromatic carbocycles. The predicted octanol–water partition coefficient (Wildman–Crippen LogP) is 4.45. The van der Waals surface area contributed by atoms with Gasteiger partial charge in [-0.3, -0.25) is 0 Å². The van der Waals surface area contributed by atoms with Crippen molar-refractivity contribution in [3.63, 3.8) is 0 Å². The van der Waals surface area contributed by atoms with Crippen LogP contribution in [0.4, 0.5) is 16.0 Å². The molecule has 3 rings (SSSR count). The second-order valence-electron chi connectivity index (χ2n) is 4.46. The summed E-state index contributed by atoms with van der Waals surface area (Å²) in [5.74, 6) is -1.93. The molecule has 3 aromatic rings. The van der Waals surface area contributed by atoms with Gasteiger partial charge in [0, 0.05) is 6.07 Å². The van der Waals surface area contributed by atoms with Gasteiger partial charge in [0.25, 0.3) is 0 Å². The molecule has 112 valence electrons. The fraction of sp³-hybridized carbons (Fsp3) is 0. The Kier molecular flexibility index (Phi) is 3.64. The van der Waals surface area contributed by atoms with E-state index >= 15 is 0 Å². The first kappa shape index (κ1) is 14.6. The van der Waals surface area contributed by atoms with Crippen molar-refractivity contribution in [2.75, 3.05) is 5.32 Å². The van der Waals surface area contributed by atoms with E-state index in [1.165, 1.54) is 6.07 Å². The first-order valence-corrected chi connectivity index (χ1v) is 6.85. The molecule has 0 aliphatic carbocycles. The molecule has 0 spiro atoms. The quantitative estimate of drug-likeness (QED) is 0.658. The molecular weight excluding hydrogens is 332 g/mol. The molecule has 0 aliphatic heterocycles. The monoisotopic (exact) mass is 339 g/mol. The van der Waals surface area contributed by atoms with Gasteiger partial charge in [-0.05, 0) is 18.2 Å². The summed E-state index contributed by atoms with van der Waals surface area (Å²) in [5, 5.41) is 12.6. The third-order valence-electron chi connectivity index (χ3n) is 3.01. The number of anilines is 2. The largest absolute Gasteiger partial charge is 0.478 e. The van der Waals surface area contributed by atoms with Crippen molar-refractivity contribution >= 4 is 51.8 Å². The van der Waals surface area contributed by atoms with Gasteiger partial charge in [0.05, 0.1) is 32.3 Å². The Morgan fingerprint density at radius 3 is 2.59 bits per heavy atom. The van der Waals surface area contributed by atoms with Gasteiger partial charge in [0.2, 0.25) is 5.95 Å². The Labute approximate surface area is 133 Å². The number of hydrogen-bond acceptors (Lipinski definition) is 3. The van der Waals surface area contributed by atoms with E-state index in [2.05, 4.69) is 15.3 Å². The van der Waals surface area contributed by atoms with Crippen molar-refractivity contribution in [2.24, 2.45) is 0 Å². The molecule has 0 unspecified atom stereocenters. The highest BCUT2D eigenvalue weighted by atomic mass is 35.5. The molecule has 3 N–H and O–H groups in total. The zero-order chi connectivity index (χ0) is 15.9. The van der Waals surface area contributed by atoms with Crippen molar-refractivity contribution < 1.29 is 14.3 Å². The number of aromatic carboxylic acids is 1. The standard InChI is InChI=1S/C14H8Cl2FN3O2/c15-7-2-1-3-8(16)12(7)20-14-18-10-4-6(13(21)22)9(17)5-11(10)19-14/h1-5H,(H,21,22)(H2,18,19,20). The molecule has 0 amide bonds. The number of nitrogens with one attached hydrogen (secondary N) is 2. The third-order valence-corrected chi connectivity index (χ3v) is 3.64. The Morgan fingerprint density at radius 2 is 1.95 bits per heavy atom. The molecule has 22 heavy (non-hydrogen) atoms. The number of hydrogen-bond donors (Lipinski definition) is 3. The highest BCUT2D eigenvalue weighted by Gasteiger charge is 2.15. The second-order valence-corrected chi connectivity index (χ2v) is 5.28. The van der Waals surface area contributed by atoms with E-state index in [9.17, 15) is 9.18 Å². The number of aromatic amines is 1. The number of rotatable bonds is 3. The van der Waals surface area contributed by atoms with Crippen molar-refractivity contribution in [3.05, 3.63) is 51.8 Å². The lowest BCUT2D eigenvalue weighted by Crippen LogP contribution is -1.99. The number of aromatic nitrogens is 2. The maximum absolute atomic E-state index is 13.6. The van der Waals surface area contributed by atoms with E-state index in [-0.39, 0.29) is 11.5 Å². The summed E-state index contributed by atoms with van der Waals surface area (Å²) in [6, 6.07) is 7.23. The smallest absolute Gasteiger partial charge is 0.338 e. The Morgan fingerprint density at radius 1 is 1.27 bits per heavy atom. The number of fused-ring (bicyclic) bond motifs is 1. The molecule has 0 bridgehead atoms. The van der Waals surface area contributed by atoms with E-state index in [1.807, 2.05) is 0 Å². The topological polar surface area (TPSA) is 78.0 Å². The Bertz CT molecular complexity index is 875. The van der Waals surface area contributed by atoms with Gasteiger partial charge in [-0.25, -0.2) is 14.2 Å². The molecule has 1 heterocycles. The molecule has 1 aromatic heterocycles. The molecule has 0 fully saturated rings. The number of nitrogens with zero attached hydrogens (tertiary/aromatic N) is 1. The van der Waals surface area contributed by atoms with Crippen LogP contribution in [0.25, 0.3) is 11.0 Å². The summed E-state index contributed by atoms with van der Waals surface area (Å²) in [6.07, 6.45) is 0. The van der Waals surface area contributed by atoms with Crippen LogP contribution in [-0.4, -0.2) is 21.0 Å². The normalized spacial score (nSPS) is 10.9. The van der Waals surface area contributed by atoms with Crippen LogP contribution >= 0.6 is 23.2 Å². The van der Waals surface area contributed by atoms with Gasteiger partial charge in [-0.2, -0.15) is 0 Å². The van der Waals surface area contributed by atoms with E-state index in [4.69, 9.17) is 28.3 Å². The van der Waals surface area contributed by atoms with Gasteiger partial charge in [0.15, 0.2) is 0 Å². The fourth-order valence-corrected chi connectivity index (χ4v) is 2.48. The Hall–Kier alpha value is -2.31. The predicted molar refractivity (Wildman–Crippen MR) is 82.8 cm³/mol. The molecule has 0 saturated heterocycles. The van der Waals surface area contributed by atoms with Gasteiger partial charge < -0.3 is 15.4 Å². The lowest BCUT2D eigenvalue weighted by molar-refractivity contribution is 0.0692. The van der Waals surface area contributed by atoms with Gasteiger partial charge >= 0.3 is 5.97 Å². The lowest BCUT2D eigenvalue weighted by atomic mass is 10.2. The number of para-hydroxylation sites is 1. The highest BCUT2D eigenvalue weighted by molar-refractivity contribution is 6.39. The Balaban J connectivity index is 2.04. The van der Waals surface area contributed by atoms with Crippen molar-refractivity contribution in [2.45, 2.75) is 0 Å². The number of carboxylic acids is 1. The SMILES string of the molecule is O=C(O)c1cc2[nH]c(Nc3c(Cl)cccc3Cl)nc2cc1F. The van der Waals surface area contributed by atoms with Crippen LogP contribution in [0.2, 0.25) is 10.0 Å². The number of halogens is 3. The third kappa shape index (κ3) is 2.58. The summed E-state index contributed by atoms with van der Waals surface area (Å²) in [6.45, 7) is 0. The maximum atomic E-state index is 13.6. The number of carbonyl (C=O) groups is 1. The molecule has 0 aliphatic rings. The molecule has 0 saturated carbocycles. The van der Waals surface area contributed by atoms with Gasteiger partial charge in [0.1, 0.15) is 5.82 Å². The van der Waals surface area contributed by atoms with Crippen LogP contribution in [-0.2, 0) is 0 Å². The number of imidazole rings is 1. The zero-order valence-electron chi connectivity index (χ0n) is 10.8. The number of benzene rings is 2. The van der Waals surface area contributed by atoms with Crippen molar-refractivity contribution in [3.8, 4) is 0 Å². The average molecular weight is 340 g/mol. The summed E-state index contributed by atoms with van der Waals surface area (Å²) in [5.41, 5.74) is 0.681. The minimum absolute atomic E-state index is 0.270. The molecule has 5 nitrogen and oxygen atoms in total. The van der Waals surface area contributed by atoms with Gasteiger partial charge in [-0.1, -0.05) is 29.3 Å². The minimum atomic E-state index is -1.35. The lowest BCUT2D eigenvalue weighted by Gasteiger charge is -2.06. The zero-order valence-corrected chi connectivity index (χ0v) is 12.3. The summed E-state index contributed by atoms with van der Waals surface area (Å²) < 4.78 is 13.6. The molecule has 8 heteroatoms. The van der Waals surface area contributed by atoms with E-state index in [0.717, 1.165) is 6.07 Å². The van der Waals surface area contributed by atoms with E-state index < -0.39 is 17.3 Å². The first-order chi connectivity index (χ1) is 10.5. The average Bonchev–Trinajstić information content (AvgIpc) is 2.83. The van der Waals surface area contributed by atoms with Crippen molar-refractivity contribution in [1.29, 1.82) is 0 Å². The maximum Gasteiger partial charge on any atom is 0.338 e. The fourth-order valence-electron chi connectivity index (χ4n) is 1.99. The van der Waals surface area contributed by atoms with E-state index in [0.29, 0.717) is 21.2 Å².